The van der Waals surface area contributed by atoms with E-state index in [0.29, 0.717) is 12.5 Å². The van der Waals surface area contributed by atoms with Crippen LogP contribution in [0.1, 0.15) is 58.7 Å². The van der Waals surface area contributed by atoms with Gasteiger partial charge in [-0.05, 0) is 43.9 Å². The van der Waals surface area contributed by atoms with Gasteiger partial charge in [-0.2, -0.15) is 0 Å². The van der Waals surface area contributed by atoms with Gasteiger partial charge in [-0.3, -0.25) is 14.5 Å². The zero-order valence-electron chi connectivity index (χ0n) is 15.2. The van der Waals surface area contributed by atoms with Crippen molar-refractivity contribution < 1.29 is 0 Å². The Bertz CT molecular complexity index is 976. The van der Waals surface area contributed by atoms with Gasteiger partial charge in [0.2, 0.25) is 0 Å². The minimum atomic E-state index is 0.469. The average Bonchev–Trinajstić information content (AvgIpc) is 3.03. The van der Waals surface area contributed by atoms with Gasteiger partial charge in [-0.15, -0.1) is 21.5 Å². The van der Waals surface area contributed by atoms with Gasteiger partial charge in [-0.1, -0.05) is 19.9 Å². The van der Waals surface area contributed by atoms with Crippen LogP contribution in [0.5, 0.6) is 0 Å². The minimum absolute atomic E-state index is 0.469. The molecule has 0 amide bonds. The predicted octanol–water partition coefficient (Wildman–Crippen LogP) is 4.12. The van der Waals surface area contributed by atoms with E-state index in [2.05, 4.69) is 54.6 Å². The summed E-state index contributed by atoms with van der Waals surface area (Å²) in [5.74, 6) is 2.25. The molecule has 0 saturated carbocycles. The lowest BCUT2D eigenvalue weighted by Gasteiger charge is -2.10. The molecule has 25 heavy (non-hydrogen) atoms. The van der Waals surface area contributed by atoms with E-state index in [4.69, 9.17) is 9.98 Å². The monoisotopic (exact) mass is 351 g/mol. The van der Waals surface area contributed by atoms with Crippen LogP contribution in [0, 0.1) is 20.8 Å². The molecule has 1 aliphatic rings. The number of aromatic nitrogens is 4. The molecule has 4 heterocycles. The first-order valence-corrected chi connectivity index (χ1v) is 9.31. The fourth-order valence-electron chi connectivity index (χ4n) is 3.14. The first-order chi connectivity index (χ1) is 12.0. The molecule has 0 radical (unpaired) electrons. The Labute approximate surface area is 151 Å². The van der Waals surface area contributed by atoms with E-state index in [-0.39, 0.29) is 0 Å². The molecular weight excluding hydrogens is 330 g/mol. The molecule has 0 spiro atoms. The van der Waals surface area contributed by atoms with Crippen molar-refractivity contribution >= 4 is 17.0 Å². The van der Waals surface area contributed by atoms with E-state index in [1.807, 2.05) is 13.1 Å². The number of fused-ring (bicyclic) bond motifs is 3. The molecule has 128 valence electrons. The van der Waals surface area contributed by atoms with Gasteiger partial charge >= 0.3 is 0 Å². The Balaban J connectivity index is 1.92. The zero-order chi connectivity index (χ0) is 17.7. The van der Waals surface area contributed by atoms with Crippen LogP contribution in [-0.2, 0) is 6.54 Å². The van der Waals surface area contributed by atoms with Crippen LogP contribution < -0.4 is 0 Å². The maximum Gasteiger partial charge on any atom is 0.160 e. The van der Waals surface area contributed by atoms with Gasteiger partial charge in [0.1, 0.15) is 17.4 Å². The second-order valence-corrected chi connectivity index (χ2v) is 7.96. The number of rotatable bonds is 2. The summed E-state index contributed by atoms with van der Waals surface area (Å²) in [5, 5.41) is 9.70. The summed E-state index contributed by atoms with van der Waals surface area (Å²) in [4.78, 5) is 10.9. The summed E-state index contributed by atoms with van der Waals surface area (Å²) < 4.78 is 2.14. The highest BCUT2D eigenvalue weighted by atomic mass is 32.1. The highest BCUT2D eigenvalue weighted by Gasteiger charge is 2.26. The van der Waals surface area contributed by atoms with Gasteiger partial charge < -0.3 is 0 Å². The number of thiophene rings is 1. The molecule has 4 rings (SSSR count). The normalized spacial score (nSPS) is 13.4. The lowest BCUT2D eigenvalue weighted by molar-refractivity contribution is 0.856. The molecule has 6 heteroatoms. The van der Waals surface area contributed by atoms with Crippen LogP contribution >= 0.6 is 11.3 Å². The Hall–Kier alpha value is -2.34. The molecule has 0 unspecified atom stereocenters. The number of nitrogens with zero attached hydrogens (tertiary/aromatic N) is 5. The fourth-order valence-corrected chi connectivity index (χ4v) is 4.37. The maximum atomic E-state index is 4.88. The largest absolute Gasteiger partial charge is 0.274 e. The maximum absolute atomic E-state index is 4.88. The molecule has 1 aliphatic heterocycles. The molecule has 0 aromatic carbocycles. The van der Waals surface area contributed by atoms with Crippen LogP contribution in [-0.4, -0.2) is 25.5 Å². The topological polar surface area (TPSA) is 56.0 Å². The van der Waals surface area contributed by atoms with Crippen LogP contribution in [0.25, 0.3) is 5.00 Å². The molecule has 0 bridgehead atoms. The van der Waals surface area contributed by atoms with Gasteiger partial charge in [0.05, 0.1) is 11.4 Å². The molecule has 0 aliphatic carbocycles. The highest BCUT2D eigenvalue weighted by Crippen LogP contribution is 2.35. The van der Waals surface area contributed by atoms with Crippen LogP contribution in [0.3, 0.4) is 0 Å². The molecule has 0 fully saturated rings. The lowest BCUT2D eigenvalue weighted by atomic mass is 10.0. The summed E-state index contributed by atoms with van der Waals surface area (Å²) in [7, 11) is 0. The van der Waals surface area contributed by atoms with Crippen molar-refractivity contribution in [2.24, 2.45) is 4.99 Å². The first kappa shape index (κ1) is 16.1. The number of aliphatic imine (C=N–C) groups is 1. The first-order valence-electron chi connectivity index (χ1n) is 8.49. The lowest BCUT2D eigenvalue weighted by Crippen LogP contribution is -2.09. The zero-order valence-corrected chi connectivity index (χ0v) is 16.0. The second kappa shape index (κ2) is 5.88. The number of pyridine rings is 1. The SMILES string of the molecule is Cc1sc2c(c1C)C(c1ccc(C(C)C)cn1)=NCc1nnc(C)n1-2. The smallest absolute Gasteiger partial charge is 0.160 e. The number of hydrogen-bond acceptors (Lipinski definition) is 5. The van der Waals surface area contributed by atoms with E-state index in [9.17, 15) is 0 Å². The van der Waals surface area contributed by atoms with Crippen molar-refractivity contribution in [3.63, 3.8) is 0 Å². The van der Waals surface area contributed by atoms with Crippen LogP contribution in [0.15, 0.2) is 23.3 Å². The average molecular weight is 351 g/mol. The number of hydrogen-bond donors (Lipinski definition) is 0. The molecule has 5 nitrogen and oxygen atoms in total. The Morgan fingerprint density at radius 2 is 1.92 bits per heavy atom. The van der Waals surface area contributed by atoms with E-state index in [0.717, 1.165) is 33.6 Å². The van der Waals surface area contributed by atoms with Crippen molar-refractivity contribution in [3.8, 4) is 5.00 Å². The summed E-state index contributed by atoms with van der Waals surface area (Å²) >= 11 is 1.77. The quantitative estimate of drug-likeness (QED) is 0.698. The van der Waals surface area contributed by atoms with Gasteiger partial charge in [0.15, 0.2) is 5.82 Å². The minimum Gasteiger partial charge on any atom is -0.274 e. The summed E-state index contributed by atoms with van der Waals surface area (Å²) in [5.41, 5.74) is 5.53. The third kappa shape index (κ3) is 2.52. The molecule has 0 N–H and O–H groups in total. The second-order valence-electron chi connectivity index (χ2n) is 6.76. The Morgan fingerprint density at radius 3 is 2.60 bits per heavy atom. The molecule has 3 aromatic heterocycles. The van der Waals surface area contributed by atoms with Crippen molar-refractivity contribution in [1.29, 1.82) is 0 Å². The third-order valence-corrected chi connectivity index (χ3v) is 5.97. The van der Waals surface area contributed by atoms with Crippen molar-refractivity contribution in [1.82, 2.24) is 19.7 Å². The Kier molecular flexibility index (Phi) is 3.80. The van der Waals surface area contributed by atoms with E-state index in [1.54, 1.807) is 11.3 Å². The van der Waals surface area contributed by atoms with E-state index >= 15 is 0 Å². The summed E-state index contributed by atoms with van der Waals surface area (Å²) in [6, 6.07) is 4.24. The van der Waals surface area contributed by atoms with Crippen molar-refractivity contribution in [3.05, 3.63) is 57.2 Å². The Morgan fingerprint density at radius 1 is 1.12 bits per heavy atom. The third-order valence-electron chi connectivity index (χ3n) is 4.77. The van der Waals surface area contributed by atoms with Crippen molar-refractivity contribution in [2.45, 2.75) is 47.1 Å². The summed E-state index contributed by atoms with van der Waals surface area (Å²) in [6.45, 7) is 11.2. The predicted molar refractivity (Wildman–Crippen MR) is 101 cm³/mol. The van der Waals surface area contributed by atoms with Gasteiger partial charge in [0, 0.05) is 16.6 Å². The molecule has 3 aromatic rings. The van der Waals surface area contributed by atoms with Crippen LogP contribution in [0.4, 0.5) is 0 Å². The van der Waals surface area contributed by atoms with Gasteiger partial charge in [0.25, 0.3) is 0 Å². The molecule has 0 saturated heterocycles. The van der Waals surface area contributed by atoms with Crippen molar-refractivity contribution in [2.75, 3.05) is 0 Å². The molecular formula is C19H21N5S. The van der Waals surface area contributed by atoms with Gasteiger partial charge in [-0.25, -0.2) is 0 Å². The highest BCUT2D eigenvalue weighted by molar-refractivity contribution is 7.15. The molecule has 0 atom stereocenters. The standard InChI is InChI=1S/C19H21N5S/c1-10(2)14-6-7-15(20-8-14)18-17-11(3)12(4)25-19(17)24-13(5)22-23-16(24)9-21-18/h6-8,10H,9H2,1-5H3. The van der Waals surface area contributed by atoms with E-state index in [1.165, 1.54) is 16.0 Å². The fraction of sp³-hybridized carbons (Fsp3) is 0.368. The van der Waals surface area contributed by atoms with E-state index < -0.39 is 0 Å². The number of aryl methyl sites for hydroxylation is 2. The summed E-state index contributed by atoms with van der Waals surface area (Å²) in [6.07, 6.45) is 1.97. The van der Waals surface area contributed by atoms with Crippen LogP contribution in [0.2, 0.25) is 0 Å².